The van der Waals surface area contributed by atoms with E-state index in [1.807, 2.05) is 26.8 Å². The number of benzene rings is 1. The number of rotatable bonds is 9. The third-order valence-corrected chi connectivity index (χ3v) is 9.11. The number of hydrogen-bond donors (Lipinski definition) is 3. The third-order valence-electron chi connectivity index (χ3n) is 5.89. The molecule has 1 aromatic heterocycles. The lowest BCUT2D eigenvalue weighted by molar-refractivity contribution is -0.124. The van der Waals surface area contributed by atoms with Gasteiger partial charge in [0.1, 0.15) is 22.4 Å². The molecule has 0 spiro atoms. The fraction of sp³-hybridized carbons (Fsp3) is 0.417. The molecule has 0 fully saturated rings. The average Bonchev–Trinajstić information content (AvgIpc) is 3.40. The summed E-state index contributed by atoms with van der Waals surface area (Å²) in [6.07, 6.45) is 2.06. The minimum Gasteiger partial charge on any atom is -0.504 e. The zero-order chi connectivity index (χ0) is 28.6. The molecular formula is C24H33N5O7S2. The lowest BCUT2D eigenvalue weighted by Gasteiger charge is -2.17. The van der Waals surface area contributed by atoms with Crippen LogP contribution >= 0.6 is 0 Å². The van der Waals surface area contributed by atoms with Gasteiger partial charge in [-0.2, -0.15) is 0 Å². The van der Waals surface area contributed by atoms with E-state index >= 15 is 0 Å². The van der Waals surface area contributed by atoms with Gasteiger partial charge in [-0.25, -0.2) is 21.1 Å². The van der Waals surface area contributed by atoms with Crippen LogP contribution in [0.1, 0.15) is 50.5 Å². The molecule has 3 rings (SSSR count). The molecule has 2 heterocycles. The molecular weight excluding hydrogens is 534 g/mol. The number of para-hydroxylation sites is 1. The lowest BCUT2D eigenvalue weighted by atomic mass is 10.1. The van der Waals surface area contributed by atoms with E-state index in [1.165, 1.54) is 46.4 Å². The normalized spacial score (nSPS) is 17.2. The number of carbonyl (C=O) groups excluding carboxylic acids is 1. The maximum absolute atomic E-state index is 13.1. The van der Waals surface area contributed by atoms with E-state index in [-0.39, 0.29) is 23.1 Å². The summed E-state index contributed by atoms with van der Waals surface area (Å²) in [5.74, 6) is -0.942. The van der Waals surface area contributed by atoms with Crippen molar-refractivity contribution in [3.8, 4) is 5.75 Å². The largest absolute Gasteiger partial charge is 0.504 e. The first-order valence-electron chi connectivity index (χ1n) is 11.8. The number of phenolic OH excluding ortho intramolecular Hbond substituents is 1. The molecule has 0 bridgehead atoms. The zero-order valence-corrected chi connectivity index (χ0v) is 23.9. The van der Waals surface area contributed by atoms with E-state index in [2.05, 4.69) is 15.0 Å². The fourth-order valence-corrected chi connectivity index (χ4v) is 5.96. The van der Waals surface area contributed by atoms with Gasteiger partial charge in [0.2, 0.25) is 10.0 Å². The first-order valence-corrected chi connectivity index (χ1v) is 14.7. The van der Waals surface area contributed by atoms with Gasteiger partial charge in [-0.15, -0.1) is 0 Å². The molecule has 12 nitrogen and oxygen atoms in total. The molecule has 208 valence electrons. The van der Waals surface area contributed by atoms with Crippen molar-refractivity contribution in [3.05, 3.63) is 52.5 Å². The summed E-state index contributed by atoms with van der Waals surface area (Å²) in [5.41, 5.74) is 0.589. The highest BCUT2D eigenvalue weighted by molar-refractivity contribution is 7.95. The van der Waals surface area contributed by atoms with Crippen LogP contribution in [0.4, 0.5) is 5.69 Å². The molecule has 0 saturated heterocycles. The van der Waals surface area contributed by atoms with Gasteiger partial charge in [-0.1, -0.05) is 26.8 Å². The highest BCUT2D eigenvalue weighted by atomic mass is 32.2. The number of hydrogen-bond acceptors (Lipinski definition) is 9. The van der Waals surface area contributed by atoms with Crippen LogP contribution in [-0.4, -0.2) is 71.1 Å². The highest BCUT2D eigenvalue weighted by Crippen LogP contribution is 2.36. The second-order valence-electron chi connectivity index (χ2n) is 9.41. The lowest BCUT2D eigenvalue weighted by Crippen LogP contribution is -2.30. The maximum atomic E-state index is 13.1. The number of aromatic hydroxyl groups is 1. The van der Waals surface area contributed by atoms with Crippen molar-refractivity contribution >= 4 is 37.5 Å². The van der Waals surface area contributed by atoms with Gasteiger partial charge in [0.15, 0.2) is 16.5 Å². The Labute approximate surface area is 223 Å². The van der Waals surface area contributed by atoms with Crippen LogP contribution in [0.15, 0.2) is 55.4 Å². The van der Waals surface area contributed by atoms with Gasteiger partial charge in [0.25, 0.3) is 15.9 Å². The summed E-state index contributed by atoms with van der Waals surface area (Å²) < 4.78 is 60.5. The second-order valence-corrected chi connectivity index (χ2v) is 13.2. The average molecular weight is 568 g/mol. The van der Waals surface area contributed by atoms with Gasteiger partial charge in [0, 0.05) is 28.2 Å². The Kier molecular flexibility index (Phi) is 8.29. The fourth-order valence-electron chi connectivity index (χ4n) is 3.62. The van der Waals surface area contributed by atoms with Crippen molar-refractivity contribution in [2.75, 3.05) is 33.5 Å². The number of nitrogens with zero attached hydrogens (tertiary/aromatic N) is 3. The van der Waals surface area contributed by atoms with Gasteiger partial charge < -0.3 is 19.7 Å². The molecule has 38 heavy (non-hydrogen) atoms. The monoisotopic (exact) mass is 567 g/mol. The smallest absolute Gasteiger partial charge is 0.270 e. The van der Waals surface area contributed by atoms with Gasteiger partial charge in [0.05, 0.1) is 12.0 Å². The Morgan fingerprint density at radius 3 is 2.39 bits per heavy atom. The van der Waals surface area contributed by atoms with Crippen molar-refractivity contribution < 1.29 is 31.2 Å². The van der Waals surface area contributed by atoms with E-state index in [0.29, 0.717) is 12.2 Å². The topological polar surface area (TPSA) is 162 Å². The number of carbonyl (C=O) groups is 1. The molecule has 0 saturated carbocycles. The van der Waals surface area contributed by atoms with Gasteiger partial charge >= 0.3 is 0 Å². The predicted octanol–water partition coefficient (Wildman–Crippen LogP) is 2.55. The van der Waals surface area contributed by atoms with Crippen molar-refractivity contribution in [1.29, 1.82) is 0 Å². The van der Waals surface area contributed by atoms with Crippen LogP contribution in [0.5, 0.6) is 5.75 Å². The van der Waals surface area contributed by atoms with Crippen LogP contribution in [0.2, 0.25) is 0 Å². The first kappa shape index (κ1) is 29.2. The molecule has 0 radical (unpaired) electrons. The van der Waals surface area contributed by atoms with Crippen LogP contribution in [0.3, 0.4) is 0 Å². The number of anilines is 1. The van der Waals surface area contributed by atoms with E-state index in [9.17, 15) is 26.7 Å². The number of aliphatic imine (C=N–C) groups is 1. The Morgan fingerprint density at radius 2 is 1.87 bits per heavy atom. The molecule has 0 aliphatic carbocycles. The highest BCUT2D eigenvalue weighted by Gasteiger charge is 2.41. The molecule has 14 heteroatoms. The van der Waals surface area contributed by atoms with E-state index in [0.717, 1.165) is 14.8 Å². The Morgan fingerprint density at radius 1 is 1.21 bits per heavy atom. The van der Waals surface area contributed by atoms with Crippen molar-refractivity contribution in [2.45, 2.75) is 44.0 Å². The van der Waals surface area contributed by atoms with Crippen molar-refractivity contribution in [1.82, 2.24) is 13.9 Å². The number of amides is 1. The molecule has 3 N–H and O–H groups in total. The summed E-state index contributed by atoms with van der Waals surface area (Å²) >= 11 is 0. The molecule has 1 atom stereocenters. The third kappa shape index (κ3) is 5.56. The summed E-state index contributed by atoms with van der Waals surface area (Å²) in [6.45, 7) is 5.86. The summed E-state index contributed by atoms with van der Waals surface area (Å²) in [4.78, 5) is 17.6. The zero-order valence-electron chi connectivity index (χ0n) is 22.3. The summed E-state index contributed by atoms with van der Waals surface area (Å²) in [5, 5.41) is 13.6. The van der Waals surface area contributed by atoms with Crippen LogP contribution in [0.25, 0.3) is 0 Å². The molecule has 1 aliphatic rings. The van der Waals surface area contributed by atoms with Crippen LogP contribution in [0, 0.1) is 0 Å². The number of likely N-dealkylation sites (N-methyl/N-ethyl adjacent to an activating group) is 1. The van der Waals surface area contributed by atoms with Crippen LogP contribution < -0.4 is 10.0 Å². The Bertz CT molecular complexity index is 1500. The molecule has 1 amide bonds. The number of furan rings is 1. The van der Waals surface area contributed by atoms with Gasteiger partial charge in [-0.05, 0) is 36.1 Å². The maximum Gasteiger partial charge on any atom is 0.270 e. The van der Waals surface area contributed by atoms with Crippen molar-refractivity contribution in [3.63, 3.8) is 0 Å². The first-order chi connectivity index (χ1) is 17.6. The van der Waals surface area contributed by atoms with Gasteiger partial charge in [-0.3, -0.25) is 14.5 Å². The minimum atomic E-state index is -4.35. The quantitative estimate of drug-likeness (QED) is 0.390. The number of phenols is 1. The summed E-state index contributed by atoms with van der Waals surface area (Å²) in [7, 11) is -2.97. The minimum absolute atomic E-state index is 0.133. The predicted molar refractivity (Wildman–Crippen MR) is 144 cm³/mol. The molecule has 2 aromatic rings. The molecule has 1 aliphatic heterocycles. The van der Waals surface area contributed by atoms with E-state index < -0.39 is 47.5 Å². The number of nitrogens with one attached hydrogen (secondary N) is 2. The van der Waals surface area contributed by atoms with E-state index in [1.54, 1.807) is 6.26 Å². The Hall–Kier alpha value is -3.36. The standard InChI is InChI=1S/C24H33N5O7S2/c1-8-16(18-12-15(13-36-18)14(2)3)26-23-20(22(24(31)28(4)5)37(32,33)27-23)25-17-10-9-11-19(21(17)30)38(34,35)29(6)7/h9-14,16,25,30H,8H2,1-7H3,(H,26,27). The van der Waals surface area contributed by atoms with Crippen molar-refractivity contribution in [2.24, 2.45) is 4.99 Å². The SMILES string of the molecule is CCC(N=C1NS(=O)(=O)C(C(=O)N(C)C)=C1Nc1cccc(S(=O)(=O)N(C)C)c1O)c1cc(C(C)C)co1. The van der Waals surface area contributed by atoms with E-state index in [4.69, 9.17) is 4.42 Å². The molecule has 1 aromatic carbocycles. The van der Waals surface area contributed by atoms with Crippen LogP contribution in [-0.2, 0) is 24.8 Å². The number of amidine groups is 1. The summed E-state index contributed by atoms with van der Waals surface area (Å²) in [6, 6.07) is 5.20. The number of sulfonamides is 2. The second kappa shape index (κ2) is 10.8. The Balaban J connectivity index is 2.20. The molecule has 1 unspecified atom stereocenters.